The van der Waals surface area contributed by atoms with Gasteiger partial charge in [0.1, 0.15) is 6.04 Å². The van der Waals surface area contributed by atoms with Crippen LogP contribution in [0.5, 0.6) is 0 Å². The molecular weight excluding hydrogens is 412 g/mol. The van der Waals surface area contributed by atoms with Crippen molar-refractivity contribution in [2.45, 2.75) is 55.1 Å². The fourth-order valence-corrected chi connectivity index (χ4v) is 5.70. The van der Waals surface area contributed by atoms with Crippen molar-refractivity contribution in [3.8, 4) is 17.2 Å². The summed E-state index contributed by atoms with van der Waals surface area (Å²) in [5.74, 6) is -0.244. The number of rotatable bonds is 5. The van der Waals surface area contributed by atoms with Crippen molar-refractivity contribution >= 4 is 15.9 Å². The highest BCUT2D eigenvalue weighted by Gasteiger charge is 2.37. The molecule has 0 bridgehead atoms. The molecule has 1 saturated carbocycles. The molecule has 162 valence electrons. The van der Waals surface area contributed by atoms with Crippen LogP contribution in [-0.4, -0.2) is 37.3 Å². The van der Waals surface area contributed by atoms with Gasteiger partial charge in [-0.15, -0.1) is 0 Å². The number of benzene rings is 2. The third-order valence-corrected chi connectivity index (χ3v) is 8.18. The lowest BCUT2D eigenvalue weighted by Crippen LogP contribution is -2.54. The Morgan fingerprint density at radius 3 is 2.48 bits per heavy atom. The second kappa shape index (κ2) is 8.08. The van der Waals surface area contributed by atoms with E-state index in [1.807, 2.05) is 36.4 Å². The first-order chi connectivity index (χ1) is 14.7. The predicted octanol–water partition coefficient (Wildman–Crippen LogP) is 2.31. The lowest BCUT2D eigenvalue weighted by atomic mass is 9.96. The molecule has 1 amide bonds. The van der Waals surface area contributed by atoms with Crippen LogP contribution in [0.2, 0.25) is 0 Å². The first-order valence-corrected chi connectivity index (χ1v) is 11.8. The van der Waals surface area contributed by atoms with Crippen LogP contribution in [0.1, 0.15) is 36.8 Å². The summed E-state index contributed by atoms with van der Waals surface area (Å²) >= 11 is 0. The molecule has 1 heterocycles. The maximum atomic E-state index is 12.5. The largest absolute Gasteiger partial charge is 0.338 e. The summed E-state index contributed by atoms with van der Waals surface area (Å²) in [4.78, 5) is 12.9. The molecule has 4 rings (SSSR count). The molecular formula is C23H26N4O3S. The van der Waals surface area contributed by atoms with E-state index in [4.69, 9.17) is 5.73 Å². The maximum Gasteiger partial charge on any atom is 0.243 e. The minimum atomic E-state index is -3.37. The van der Waals surface area contributed by atoms with Crippen molar-refractivity contribution in [2.75, 3.05) is 7.05 Å². The van der Waals surface area contributed by atoms with Gasteiger partial charge in [-0.3, -0.25) is 4.79 Å². The molecule has 0 aromatic heterocycles. The lowest BCUT2D eigenvalue weighted by molar-refractivity contribution is -0.126. The molecule has 2 aromatic rings. The van der Waals surface area contributed by atoms with Crippen LogP contribution in [0.25, 0.3) is 11.1 Å². The van der Waals surface area contributed by atoms with Gasteiger partial charge in [0.05, 0.1) is 16.5 Å². The Labute approximate surface area is 182 Å². The average molecular weight is 439 g/mol. The Bertz CT molecular complexity index is 1150. The number of sulfonamides is 1. The molecule has 1 aliphatic carbocycles. The molecule has 7 nitrogen and oxygen atoms in total. The molecule has 3 N–H and O–H groups in total. The van der Waals surface area contributed by atoms with Gasteiger partial charge in [0.2, 0.25) is 15.9 Å². The summed E-state index contributed by atoms with van der Waals surface area (Å²) in [6.45, 7) is 0.371. The Morgan fingerprint density at radius 1 is 1.19 bits per heavy atom. The third-order valence-electron chi connectivity index (χ3n) is 6.28. The minimum Gasteiger partial charge on any atom is -0.338 e. The normalized spacial score (nSPS) is 20.0. The fourth-order valence-electron chi connectivity index (χ4n) is 4.36. The number of hydrogen-bond donors (Lipinski definition) is 2. The zero-order chi connectivity index (χ0) is 22.2. The van der Waals surface area contributed by atoms with E-state index >= 15 is 0 Å². The smallest absolute Gasteiger partial charge is 0.243 e. The minimum absolute atomic E-state index is 0.244. The number of carbonyl (C=O) groups is 1. The van der Waals surface area contributed by atoms with E-state index in [0.717, 1.165) is 35.1 Å². The summed E-state index contributed by atoms with van der Waals surface area (Å²) in [6, 6.07) is 14.6. The Kier molecular flexibility index (Phi) is 5.60. The van der Waals surface area contributed by atoms with Crippen LogP contribution in [0.15, 0.2) is 47.4 Å². The quantitative estimate of drug-likeness (QED) is 0.743. The van der Waals surface area contributed by atoms with E-state index in [1.165, 1.54) is 4.31 Å². The molecule has 8 heteroatoms. The Hall–Kier alpha value is -2.73. The van der Waals surface area contributed by atoms with Gasteiger partial charge >= 0.3 is 0 Å². The second-order valence-corrected chi connectivity index (χ2v) is 10.5. The first-order valence-electron chi connectivity index (χ1n) is 10.4. The van der Waals surface area contributed by atoms with Crippen molar-refractivity contribution in [1.82, 2.24) is 9.62 Å². The molecule has 0 radical (unpaired) electrons. The lowest BCUT2D eigenvalue weighted by Gasteiger charge is -2.24. The molecule has 0 saturated heterocycles. The van der Waals surface area contributed by atoms with E-state index in [1.54, 1.807) is 13.1 Å². The SMILES string of the molecule is CN1Cc2cc(-c3ccc(C[C@@H](C#N)NC(=O)C4(N)CCCC4)cc3)ccc2S1(=O)=O. The molecule has 2 aliphatic rings. The number of nitrogens with two attached hydrogens (primary N) is 1. The summed E-state index contributed by atoms with van der Waals surface area (Å²) in [6.07, 6.45) is 3.58. The van der Waals surface area contributed by atoms with Crippen LogP contribution in [0, 0.1) is 11.3 Å². The van der Waals surface area contributed by atoms with Crippen LogP contribution in [-0.2, 0) is 27.8 Å². The topological polar surface area (TPSA) is 116 Å². The van der Waals surface area contributed by atoms with Gasteiger partial charge in [0.25, 0.3) is 0 Å². The molecule has 1 fully saturated rings. The highest BCUT2D eigenvalue weighted by Crippen LogP contribution is 2.32. The predicted molar refractivity (Wildman–Crippen MR) is 117 cm³/mol. The number of carbonyl (C=O) groups excluding carboxylic acids is 1. The van der Waals surface area contributed by atoms with Gasteiger partial charge in [-0.1, -0.05) is 43.2 Å². The number of nitrogens with one attached hydrogen (secondary N) is 1. The highest BCUT2D eigenvalue weighted by molar-refractivity contribution is 7.89. The summed E-state index contributed by atoms with van der Waals surface area (Å²) in [5, 5.41) is 12.3. The molecule has 1 atom stereocenters. The second-order valence-electron chi connectivity index (χ2n) is 8.50. The number of nitriles is 1. The zero-order valence-electron chi connectivity index (χ0n) is 17.5. The number of nitrogens with zero attached hydrogens (tertiary/aromatic N) is 2. The van der Waals surface area contributed by atoms with Gasteiger partial charge in [-0.05, 0) is 47.2 Å². The van der Waals surface area contributed by atoms with Gasteiger partial charge in [0.15, 0.2) is 0 Å². The molecule has 1 aliphatic heterocycles. The Balaban J connectivity index is 1.46. The van der Waals surface area contributed by atoms with Crippen LogP contribution < -0.4 is 11.1 Å². The average Bonchev–Trinajstić information content (AvgIpc) is 3.29. The van der Waals surface area contributed by atoms with Crippen molar-refractivity contribution < 1.29 is 13.2 Å². The summed E-state index contributed by atoms with van der Waals surface area (Å²) in [7, 11) is -1.79. The number of fused-ring (bicyclic) bond motifs is 1. The van der Waals surface area contributed by atoms with Gasteiger partial charge in [-0.2, -0.15) is 9.57 Å². The standard InChI is InChI=1S/C23H26N4O3S/c1-27-15-19-13-18(8-9-21(19)31(27,29)30)17-6-4-16(5-7-17)12-20(14-24)26-22(28)23(25)10-2-3-11-23/h4-9,13,20H,2-3,10-12,15,25H2,1H3,(H,26,28)/t20-/m0/s1. The van der Waals surface area contributed by atoms with Crippen molar-refractivity contribution in [3.63, 3.8) is 0 Å². The third kappa shape index (κ3) is 4.09. The van der Waals surface area contributed by atoms with Crippen molar-refractivity contribution in [2.24, 2.45) is 5.73 Å². The van der Waals surface area contributed by atoms with Gasteiger partial charge in [-0.25, -0.2) is 8.42 Å². The molecule has 2 aromatic carbocycles. The highest BCUT2D eigenvalue weighted by atomic mass is 32.2. The van der Waals surface area contributed by atoms with E-state index < -0.39 is 21.6 Å². The van der Waals surface area contributed by atoms with Crippen LogP contribution >= 0.6 is 0 Å². The summed E-state index contributed by atoms with van der Waals surface area (Å²) < 4.78 is 25.8. The Morgan fingerprint density at radius 2 is 1.84 bits per heavy atom. The summed E-state index contributed by atoms with van der Waals surface area (Å²) in [5.41, 5.74) is 8.95. The molecule has 0 unspecified atom stereocenters. The van der Waals surface area contributed by atoms with Crippen molar-refractivity contribution in [3.05, 3.63) is 53.6 Å². The van der Waals surface area contributed by atoms with E-state index in [-0.39, 0.29) is 5.91 Å². The van der Waals surface area contributed by atoms with E-state index in [2.05, 4.69) is 11.4 Å². The number of amides is 1. The van der Waals surface area contributed by atoms with Gasteiger partial charge in [0, 0.05) is 20.0 Å². The van der Waals surface area contributed by atoms with Crippen LogP contribution in [0.4, 0.5) is 0 Å². The van der Waals surface area contributed by atoms with Crippen LogP contribution in [0.3, 0.4) is 0 Å². The first kappa shape index (κ1) is 21.5. The molecule has 0 spiro atoms. The number of hydrogen-bond acceptors (Lipinski definition) is 5. The van der Waals surface area contributed by atoms with E-state index in [9.17, 15) is 18.5 Å². The molecule has 31 heavy (non-hydrogen) atoms. The van der Waals surface area contributed by atoms with Crippen molar-refractivity contribution in [1.29, 1.82) is 5.26 Å². The maximum absolute atomic E-state index is 12.5. The fraction of sp³-hybridized carbons (Fsp3) is 0.391. The van der Waals surface area contributed by atoms with Gasteiger partial charge < -0.3 is 11.1 Å². The zero-order valence-corrected chi connectivity index (χ0v) is 18.3. The van der Waals surface area contributed by atoms with E-state index in [0.29, 0.717) is 30.7 Å². The monoisotopic (exact) mass is 438 g/mol.